The van der Waals surface area contributed by atoms with Gasteiger partial charge in [0, 0.05) is 58.1 Å². The Kier molecular flexibility index (Phi) is 7.45. The lowest BCUT2D eigenvalue weighted by Gasteiger charge is -2.37. The number of ether oxygens (including phenoxy) is 1. The van der Waals surface area contributed by atoms with Gasteiger partial charge in [0.2, 0.25) is 5.75 Å². The van der Waals surface area contributed by atoms with E-state index in [4.69, 9.17) is 16.3 Å². The fourth-order valence-corrected chi connectivity index (χ4v) is 6.13. The Morgan fingerprint density at radius 2 is 1.71 bits per heavy atom. The summed E-state index contributed by atoms with van der Waals surface area (Å²) in [6, 6.07) is 14.3. The van der Waals surface area contributed by atoms with Crippen molar-refractivity contribution in [2.24, 2.45) is 0 Å². The molecule has 2 atom stereocenters. The Morgan fingerprint density at radius 1 is 1.03 bits per heavy atom. The van der Waals surface area contributed by atoms with Crippen molar-refractivity contribution in [2.75, 3.05) is 45.2 Å². The zero-order valence-electron chi connectivity index (χ0n) is 21.1. The highest BCUT2D eigenvalue weighted by atomic mass is 35.5. The van der Waals surface area contributed by atoms with E-state index < -0.39 is 28.0 Å². The van der Waals surface area contributed by atoms with Gasteiger partial charge >= 0.3 is 5.56 Å². The summed E-state index contributed by atoms with van der Waals surface area (Å²) in [7, 11) is -0.586. The molecule has 1 aliphatic carbocycles. The molecule has 2 heterocycles. The minimum atomic E-state index is -3.56. The van der Waals surface area contributed by atoms with Gasteiger partial charge in [0.15, 0.2) is 0 Å². The molecular weight excluding hydrogens is 533 g/mol. The lowest BCUT2D eigenvalue weighted by molar-refractivity contribution is 0.0901. The monoisotopic (exact) mass is 561 g/mol. The average molecular weight is 562 g/mol. The van der Waals surface area contributed by atoms with Crippen molar-refractivity contribution in [3.05, 3.63) is 81.2 Å². The van der Waals surface area contributed by atoms with Gasteiger partial charge in [-0.05, 0) is 29.3 Å². The van der Waals surface area contributed by atoms with E-state index in [9.17, 15) is 13.2 Å². The van der Waals surface area contributed by atoms with Gasteiger partial charge in [-0.15, -0.1) is 0 Å². The van der Waals surface area contributed by atoms with E-state index in [0.29, 0.717) is 35.9 Å². The third-order valence-electron chi connectivity index (χ3n) is 6.96. The summed E-state index contributed by atoms with van der Waals surface area (Å²) in [6.07, 6.45) is -0.123. The predicted octanol–water partition coefficient (Wildman–Crippen LogP) is 2.70. The van der Waals surface area contributed by atoms with Crippen LogP contribution in [0.15, 0.2) is 59.5 Å². The van der Waals surface area contributed by atoms with Crippen LogP contribution in [0.5, 0.6) is 5.75 Å². The zero-order valence-corrected chi connectivity index (χ0v) is 22.7. The Morgan fingerprint density at radius 3 is 2.37 bits per heavy atom. The van der Waals surface area contributed by atoms with Crippen LogP contribution in [0.4, 0.5) is 10.1 Å². The summed E-state index contributed by atoms with van der Waals surface area (Å²) in [5, 5.41) is 4.80. The summed E-state index contributed by atoms with van der Waals surface area (Å²) in [4.78, 5) is 15.6. The van der Waals surface area contributed by atoms with Gasteiger partial charge in [-0.2, -0.15) is 26.8 Å². The Hall–Kier alpha value is -2.99. The van der Waals surface area contributed by atoms with E-state index in [1.54, 1.807) is 24.3 Å². The van der Waals surface area contributed by atoms with Gasteiger partial charge < -0.3 is 9.64 Å². The molecule has 9 nitrogen and oxygen atoms in total. The molecule has 1 aromatic heterocycles. The maximum absolute atomic E-state index is 15.3. The molecule has 1 aliphatic heterocycles. The molecule has 1 fully saturated rings. The van der Waals surface area contributed by atoms with Crippen LogP contribution < -0.4 is 15.2 Å². The maximum atomic E-state index is 15.3. The quantitative estimate of drug-likeness (QED) is 0.460. The summed E-state index contributed by atoms with van der Waals surface area (Å²) in [5.74, 6) is -0.0177. The number of aromatic nitrogens is 2. The second-order valence-corrected chi connectivity index (χ2v) is 12.2. The molecule has 202 valence electrons. The third kappa shape index (κ3) is 5.15. The molecule has 2 unspecified atom stereocenters. The number of piperazine rings is 1. The number of anilines is 1. The van der Waals surface area contributed by atoms with Crippen molar-refractivity contribution in [3.63, 3.8) is 0 Å². The number of hydrogen-bond donors (Lipinski definition) is 0. The van der Waals surface area contributed by atoms with Crippen LogP contribution in [0.25, 0.3) is 5.69 Å². The fraction of sp³-hybridized carbons (Fsp3) is 0.385. The molecule has 38 heavy (non-hydrogen) atoms. The van der Waals surface area contributed by atoms with E-state index >= 15 is 4.39 Å². The van der Waals surface area contributed by atoms with Crippen LogP contribution in [0, 0.1) is 0 Å². The largest absolute Gasteiger partial charge is 0.479 e. The molecule has 0 spiro atoms. The molecule has 0 saturated carbocycles. The van der Waals surface area contributed by atoms with Crippen LogP contribution in [0.3, 0.4) is 0 Å². The third-order valence-corrected chi connectivity index (χ3v) is 9.14. The first kappa shape index (κ1) is 26.6. The highest BCUT2D eigenvalue weighted by Gasteiger charge is 2.34. The molecule has 0 bridgehead atoms. The summed E-state index contributed by atoms with van der Waals surface area (Å²) >= 11 is 6.15. The lowest BCUT2D eigenvalue weighted by atomic mass is 9.88. The Balaban J connectivity index is 1.50. The van der Waals surface area contributed by atoms with Crippen LogP contribution in [0.2, 0.25) is 5.02 Å². The highest BCUT2D eigenvalue weighted by molar-refractivity contribution is 7.86. The Labute approximate surface area is 226 Å². The maximum Gasteiger partial charge on any atom is 0.316 e. The van der Waals surface area contributed by atoms with Crippen LogP contribution >= 0.6 is 11.6 Å². The topological polar surface area (TPSA) is 88.0 Å². The summed E-state index contributed by atoms with van der Waals surface area (Å²) < 4.78 is 50.4. The van der Waals surface area contributed by atoms with E-state index in [-0.39, 0.29) is 25.3 Å². The molecule has 1 saturated heterocycles. The van der Waals surface area contributed by atoms with Crippen molar-refractivity contribution in [3.8, 4) is 11.4 Å². The number of halogens is 2. The van der Waals surface area contributed by atoms with Crippen molar-refractivity contribution in [1.82, 2.24) is 18.4 Å². The Bertz CT molecular complexity index is 1490. The SMILES string of the molecule is CN(C)S(=O)(=O)N1CCN(c2cnn(-c3cccc(Cl)c3)c(=O)c2OC2Cc3ccccc3CC2F)CC1. The van der Waals surface area contributed by atoms with Gasteiger partial charge in [-0.1, -0.05) is 41.9 Å². The molecular formula is C26H29ClFN5O4S. The van der Waals surface area contributed by atoms with E-state index in [1.165, 1.54) is 33.6 Å². The minimum Gasteiger partial charge on any atom is -0.479 e. The number of nitrogens with zero attached hydrogens (tertiary/aromatic N) is 5. The second-order valence-electron chi connectivity index (χ2n) is 9.58. The first-order valence-corrected chi connectivity index (χ1v) is 14.1. The number of benzene rings is 2. The number of rotatable bonds is 6. The molecule has 0 radical (unpaired) electrons. The van der Waals surface area contributed by atoms with Gasteiger partial charge in [0.1, 0.15) is 18.0 Å². The van der Waals surface area contributed by atoms with Crippen LogP contribution in [-0.2, 0) is 23.1 Å². The minimum absolute atomic E-state index is 0.0177. The highest BCUT2D eigenvalue weighted by Crippen LogP contribution is 2.31. The number of alkyl halides is 1. The van der Waals surface area contributed by atoms with Crippen molar-refractivity contribution in [1.29, 1.82) is 0 Å². The van der Waals surface area contributed by atoms with Gasteiger partial charge in [-0.25, -0.2) is 4.39 Å². The van der Waals surface area contributed by atoms with Crippen molar-refractivity contribution >= 4 is 27.5 Å². The standard InChI is InChI=1S/C26H29ClFN5O4S/c1-30(2)38(35,36)32-12-10-31(11-13-32)23-17-29-33(21-9-5-8-20(27)16-21)26(34)25(23)37-24-15-19-7-4-3-6-18(19)14-22(24)28/h3-9,16-17,22,24H,10-15H2,1-2H3. The first-order valence-electron chi connectivity index (χ1n) is 12.3. The van der Waals surface area contributed by atoms with Gasteiger partial charge in [-0.3, -0.25) is 4.79 Å². The van der Waals surface area contributed by atoms with Crippen molar-refractivity contribution < 1.29 is 17.5 Å². The normalized spacial score (nSPS) is 20.4. The number of hydrogen-bond acceptors (Lipinski definition) is 6. The lowest BCUT2D eigenvalue weighted by Crippen LogP contribution is -2.52. The van der Waals surface area contributed by atoms with E-state index in [1.807, 2.05) is 29.2 Å². The molecule has 2 aliphatic rings. The summed E-state index contributed by atoms with van der Waals surface area (Å²) in [5.41, 5.74) is 2.23. The number of fused-ring (bicyclic) bond motifs is 1. The smallest absolute Gasteiger partial charge is 0.316 e. The molecule has 12 heteroatoms. The second kappa shape index (κ2) is 10.6. The molecule has 5 rings (SSSR count). The molecule has 0 amide bonds. The van der Waals surface area contributed by atoms with E-state index in [0.717, 1.165) is 11.1 Å². The fourth-order valence-electron chi connectivity index (χ4n) is 4.86. The molecule has 2 aromatic carbocycles. The van der Waals surface area contributed by atoms with Gasteiger partial charge in [0.05, 0.1) is 11.9 Å². The predicted molar refractivity (Wildman–Crippen MR) is 144 cm³/mol. The van der Waals surface area contributed by atoms with Crippen LogP contribution in [-0.4, -0.2) is 79.4 Å². The molecule has 3 aromatic rings. The van der Waals surface area contributed by atoms with Gasteiger partial charge in [0.25, 0.3) is 10.2 Å². The van der Waals surface area contributed by atoms with Crippen molar-refractivity contribution in [2.45, 2.75) is 25.1 Å². The molecule has 0 N–H and O–H groups in total. The first-order chi connectivity index (χ1) is 18.1. The van der Waals surface area contributed by atoms with Crippen LogP contribution in [0.1, 0.15) is 11.1 Å². The average Bonchev–Trinajstić information content (AvgIpc) is 2.90. The summed E-state index contributed by atoms with van der Waals surface area (Å²) in [6.45, 7) is 1.08. The van der Waals surface area contributed by atoms with E-state index in [2.05, 4.69) is 5.10 Å². The zero-order chi connectivity index (χ0) is 27.0.